The molecule has 0 radical (unpaired) electrons. The number of para-hydroxylation sites is 1. The molecule has 0 amide bonds. The average molecular weight is 1430 g/mol. The summed E-state index contributed by atoms with van der Waals surface area (Å²) in [5.41, 5.74) is -10.7. The number of hydrogen-bond donors (Lipinski definition) is 0. The molecular formula is C106H68O. The third kappa shape index (κ3) is 10.9. The summed E-state index contributed by atoms with van der Waals surface area (Å²) in [7, 11) is 0. The van der Waals surface area contributed by atoms with E-state index in [1.54, 1.807) is 0 Å². The minimum Gasteiger partial charge on any atom is -0.456 e. The fraction of sp³-hybridized carbons (Fsp3) is 0. The standard InChI is InChI=1S/C40H26.C36H22O.C30H20/c1-2-14-29-26-30(25-24-27(29)12-1)32-17-5-6-18-33(32)39-35-19-7-9-21-37(35)40(38-22-10-8-20-36(38)39)34-23-11-15-28-13-3-4-16-31(28)34;1-2-12-25-23(10-1)11-9-18-27(25)36-30-16-5-3-14-28(30)35(29-15-4-6-17-31(29)36)24-20-21-34-32(22-24)26-13-7-8-19-33(26)37-34;1-2-12-22(13-3-1)29-25-16-6-8-18-27(25)30(28-19-9-7-17-26(28)29)24-20-10-14-21-11-4-5-15-23(21)24/h1-26H;1-22H;1-20H/i1D,2D,3D,4D,5D,6D,7D,8D,9D,10D,11D,12D,13D,14D,15D,16D,17D,18D,19D,20D,21D,22D,23D,24D,25D,26D;1D,2D,3D,4D,5D,6D,7D,8D,9D,10D,11D,12D,13D,14D,15D,16D,17D,18D,19D,20D,21D,22D;1D,2D,3D,4D,5D,6D,7D,8D,9D,10D,11D,12D,13D,14D,15D,16D,17D,18D,19D,20D. The van der Waals surface area contributed by atoms with E-state index in [0.717, 1.165) is 0 Å². The molecule has 0 saturated heterocycles. The van der Waals surface area contributed by atoms with Crippen molar-refractivity contribution in [2.75, 3.05) is 0 Å². The fourth-order valence-corrected chi connectivity index (χ4v) is 12.8. The Kier molecular flexibility index (Phi) is 6.06. The van der Waals surface area contributed by atoms with Crippen LogP contribution < -0.4 is 0 Å². The lowest BCUT2D eigenvalue weighted by Gasteiger charge is -2.20. The zero-order valence-corrected chi connectivity index (χ0v) is 53.4. The summed E-state index contributed by atoms with van der Waals surface area (Å²) >= 11 is 0. The fourth-order valence-electron chi connectivity index (χ4n) is 12.8. The number of benzene rings is 21. The molecule has 0 bridgehead atoms. The quantitative estimate of drug-likeness (QED) is 0.145. The third-order valence-corrected chi connectivity index (χ3v) is 17.1. The van der Waals surface area contributed by atoms with Crippen molar-refractivity contribution in [3.8, 4) is 77.9 Å². The largest absolute Gasteiger partial charge is 0.456 e. The van der Waals surface area contributed by atoms with E-state index >= 15 is 0 Å². The normalized spacial score (nSPS) is 20.4. The molecular weight excluding hydrogens is 1290 g/mol. The third-order valence-electron chi connectivity index (χ3n) is 17.1. The minimum absolute atomic E-state index is 0.377. The zero-order chi connectivity index (χ0) is 130. The van der Waals surface area contributed by atoms with Gasteiger partial charge >= 0.3 is 0 Å². The highest BCUT2D eigenvalue weighted by atomic mass is 16.3. The smallest absolute Gasteiger partial charge is 0.135 e. The Morgan fingerprint density at radius 1 is 0.140 bits per heavy atom. The molecule has 1 nitrogen and oxygen atoms in total. The topological polar surface area (TPSA) is 13.1 Å². The molecule has 1 heterocycles. The van der Waals surface area contributed by atoms with Gasteiger partial charge in [0, 0.05) is 10.8 Å². The zero-order valence-electron chi connectivity index (χ0n) is 121. The molecule has 21 aromatic carbocycles. The molecule has 0 aliphatic rings. The maximum atomic E-state index is 9.54. The van der Waals surface area contributed by atoms with Crippen LogP contribution in [0.3, 0.4) is 0 Å². The van der Waals surface area contributed by atoms with Crippen LogP contribution in [0.1, 0.15) is 93.2 Å². The molecule has 22 aromatic rings. The van der Waals surface area contributed by atoms with E-state index in [-0.39, 0.29) is 5.39 Å². The van der Waals surface area contributed by atoms with Crippen molar-refractivity contribution in [1.29, 1.82) is 0 Å². The van der Waals surface area contributed by atoms with E-state index < -0.39 is 613 Å². The number of fused-ring (bicyclic) bond motifs is 13. The van der Waals surface area contributed by atoms with Crippen molar-refractivity contribution in [1.82, 2.24) is 0 Å². The maximum absolute atomic E-state index is 9.54. The molecule has 0 fully saturated rings. The molecule has 0 unspecified atom stereocenters. The van der Waals surface area contributed by atoms with E-state index in [9.17, 15) is 20.6 Å². The molecule has 0 saturated carbocycles. The maximum Gasteiger partial charge on any atom is 0.135 e. The number of hydrogen-bond acceptors (Lipinski definition) is 1. The van der Waals surface area contributed by atoms with E-state index in [2.05, 4.69) is 0 Å². The lowest BCUT2D eigenvalue weighted by molar-refractivity contribution is 0.669. The van der Waals surface area contributed by atoms with Gasteiger partial charge < -0.3 is 4.42 Å². The summed E-state index contributed by atoms with van der Waals surface area (Å²) in [6.07, 6.45) is 0. The monoisotopic (exact) mass is 1420 g/mol. The highest BCUT2D eigenvalue weighted by Gasteiger charge is 2.23. The van der Waals surface area contributed by atoms with Gasteiger partial charge in [-0.3, -0.25) is 0 Å². The van der Waals surface area contributed by atoms with Gasteiger partial charge in [-0.05, 0) is 210 Å². The second-order valence-corrected chi connectivity index (χ2v) is 22.8. The Hall–Kier alpha value is -14.0. The van der Waals surface area contributed by atoms with Crippen LogP contribution in [-0.4, -0.2) is 0 Å². The second-order valence-electron chi connectivity index (χ2n) is 22.8. The van der Waals surface area contributed by atoms with Crippen molar-refractivity contribution in [3.05, 3.63) is 411 Å². The molecule has 0 spiro atoms. The van der Waals surface area contributed by atoms with Crippen LogP contribution in [0.4, 0.5) is 0 Å². The first-order valence-corrected chi connectivity index (χ1v) is 31.4. The van der Waals surface area contributed by atoms with Crippen molar-refractivity contribution in [2.24, 2.45) is 0 Å². The van der Waals surface area contributed by atoms with Gasteiger partial charge in [0.1, 0.15) is 11.2 Å². The van der Waals surface area contributed by atoms with Crippen molar-refractivity contribution in [2.45, 2.75) is 0 Å². The van der Waals surface area contributed by atoms with Gasteiger partial charge in [-0.25, -0.2) is 0 Å². The summed E-state index contributed by atoms with van der Waals surface area (Å²) in [4.78, 5) is 0. The first-order valence-electron chi connectivity index (χ1n) is 65.4. The summed E-state index contributed by atoms with van der Waals surface area (Å²) in [6.45, 7) is 0. The Bertz CT molecular complexity index is 11300. The van der Waals surface area contributed by atoms with Crippen LogP contribution >= 0.6 is 0 Å². The SMILES string of the molecule is [2H]c1c([2H])c([2H])c(-c2c3c([2H])c([2H])c([2H])c([2H])c3c(-c3c([2H])c([2H])c([2H])c4c([2H])c([2H])c([2H])c([2H])c34)c3c([2H])c([2H])c([2H])c([2H])c23)c(-c2c([2H])c([2H])c3c([2H])c([2H])c([2H])c([2H])c3c2[2H])c1[2H].[2H]c1c([2H])c([2H])c(-c2c3c([2H])c([2H])c([2H])c([2H])c3c(-c3c([2H])c([2H])c([2H])c4c([2H])c([2H])c([2H])c([2H])c34)c3c([2H])c([2H])c([2H])c([2H])c23)c([2H])c1[2H].[2H]c1c([2H])c([2H])c2c(oc3c([2H])c([2H])c(-c4c5c([2H])c([2H])c([2H])c([2H])c5c(-c5c([2H])c([2H])c([2H])c6c([2H])c([2H])c([2H])c([2H])c56)c5c([2H])c([2H])c([2H])c([2H])c45)c([2H])c32)c1[2H]. The second kappa shape index (κ2) is 26.7. The Balaban J connectivity index is 0.000000155. The van der Waals surface area contributed by atoms with Crippen LogP contribution in [0, 0.1) is 0 Å². The minimum atomic E-state index is -1.07. The summed E-state index contributed by atoms with van der Waals surface area (Å²) < 4.78 is 604. The molecule has 0 N–H and O–H groups in total. The lowest BCUT2D eigenvalue weighted by atomic mass is 9.83. The summed E-state index contributed by atoms with van der Waals surface area (Å²) in [5, 5.41) is -13.5. The predicted molar refractivity (Wildman–Crippen MR) is 460 cm³/mol. The first kappa shape index (κ1) is 24.3. The summed E-state index contributed by atoms with van der Waals surface area (Å²) in [6, 6.07) is -60.1. The van der Waals surface area contributed by atoms with E-state index in [1.807, 2.05) is 0 Å². The molecule has 0 atom stereocenters. The highest BCUT2D eigenvalue weighted by molar-refractivity contribution is 6.27. The van der Waals surface area contributed by atoms with Crippen LogP contribution in [0.2, 0.25) is 0 Å². The van der Waals surface area contributed by atoms with Gasteiger partial charge in [-0.15, -0.1) is 0 Å². The van der Waals surface area contributed by atoms with E-state index in [0.29, 0.717) is 0 Å². The van der Waals surface area contributed by atoms with Crippen LogP contribution in [-0.2, 0) is 0 Å². The van der Waals surface area contributed by atoms with Crippen molar-refractivity contribution >= 4 is 130 Å². The Labute approximate surface area is 715 Å². The highest BCUT2D eigenvalue weighted by Crippen LogP contribution is 2.51. The van der Waals surface area contributed by atoms with Crippen LogP contribution in [0.5, 0.6) is 0 Å². The number of furan rings is 1. The Morgan fingerprint density at radius 2 is 0.421 bits per heavy atom. The first-order chi connectivity index (χ1) is 81.4. The average Bonchev–Trinajstić information content (AvgIpc) is 1.18. The number of rotatable bonds is 7. The lowest BCUT2D eigenvalue weighted by Crippen LogP contribution is -1.93. The molecule has 0 aliphatic heterocycles. The molecule has 22 rings (SSSR count). The van der Waals surface area contributed by atoms with Crippen molar-refractivity contribution < 1.29 is 97.6 Å². The molecule has 0 aliphatic carbocycles. The van der Waals surface area contributed by atoms with E-state index in [1.165, 1.54) is 0 Å². The van der Waals surface area contributed by atoms with Crippen molar-refractivity contribution in [3.63, 3.8) is 0 Å². The van der Waals surface area contributed by atoms with Gasteiger partial charge in [0.05, 0.1) is 93.2 Å². The molecule has 498 valence electrons. The molecule has 1 aromatic heterocycles. The summed E-state index contributed by atoms with van der Waals surface area (Å²) in [5.74, 6) is 0. The van der Waals surface area contributed by atoms with Gasteiger partial charge in [0.15, 0.2) is 0 Å². The van der Waals surface area contributed by atoms with Gasteiger partial charge in [-0.1, -0.05) is 387 Å². The predicted octanol–water partition coefficient (Wildman–Crippen LogP) is 30.2. The van der Waals surface area contributed by atoms with Crippen LogP contribution in [0.15, 0.2) is 415 Å². The Morgan fingerprint density at radius 3 is 0.850 bits per heavy atom. The van der Waals surface area contributed by atoms with Gasteiger partial charge in [0.2, 0.25) is 0 Å². The van der Waals surface area contributed by atoms with Gasteiger partial charge in [0.25, 0.3) is 0 Å². The van der Waals surface area contributed by atoms with Crippen LogP contribution in [0.25, 0.3) is 208 Å². The molecule has 1 heteroatoms. The van der Waals surface area contributed by atoms with Gasteiger partial charge in [-0.2, -0.15) is 0 Å². The van der Waals surface area contributed by atoms with E-state index in [4.69, 9.17) is 77.1 Å². The molecule has 107 heavy (non-hydrogen) atoms.